The highest BCUT2D eigenvalue weighted by Gasteiger charge is 2.30. The van der Waals surface area contributed by atoms with Crippen LogP contribution in [-0.2, 0) is 6.54 Å². The number of hydrogen-bond donors (Lipinski definition) is 3. The van der Waals surface area contributed by atoms with Crippen molar-refractivity contribution >= 4 is 11.8 Å². The van der Waals surface area contributed by atoms with Gasteiger partial charge in [0, 0.05) is 25.8 Å². The minimum Gasteiger partial charge on any atom is -0.352 e. The number of carbonyl (C=O) groups is 2. The summed E-state index contributed by atoms with van der Waals surface area (Å²) in [5.74, 6) is -0.912. The Balaban J connectivity index is 1.72. The van der Waals surface area contributed by atoms with E-state index in [1.807, 2.05) is 30.3 Å². The van der Waals surface area contributed by atoms with Gasteiger partial charge in [-0.2, -0.15) is 0 Å². The standard InChI is InChI=1S/C24H31FN4O3/c1-2-27-22(31)20-14-19(16-29(23(20)32)15-18-8-4-3-5-9-18)21(30)28-13-7-11-24(25)10-6-12-26-17-24/h3-5,8-9,14,16,26H,2,6-7,10-13,15,17H2,1H3,(H,27,31)(H,28,30). The fourth-order valence-electron chi connectivity index (χ4n) is 3.93. The van der Waals surface area contributed by atoms with Crippen LogP contribution < -0.4 is 21.5 Å². The summed E-state index contributed by atoms with van der Waals surface area (Å²) >= 11 is 0. The highest BCUT2D eigenvalue weighted by atomic mass is 19.1. The molecular weight excluding hydrogens is 411 g/mol. The average molecular weight is 443 g/mol. The zero-order valence-corrected chi connectivity index (χ0v) is 18.5. The molecule has 1 fully saturated rings. The number of carbonyl (C=O) groups excluding carboxylic acids is 2. The minimum absolute atomic E-state index is 0.0774. The molecule has 2 heterocycles. The van der Waals surface area contributed by atoms with Gasteiger partial charge in [0.15, 0.2) is 0 Å². The molecule has 172 valence electrons. The van der Waals surface area contributed by atoms with E-state index >= 15 is 0 Å². The van der Waals surface area contributed by atoms with E-state index < -0.39 is 23.0 Å². The Morgan fingerprint density at radius 1 is 1.19 bits per heavy atom. The summed E-state index contributed by atoms with van der Waals surface area (Å²) in [6, 6.07) is 10.7. The highest BCUT2D eigenvalue weighted by Crippen LogP contribution is 2.25. The highest BCUT2D eigenvalue weighted by molar-refractivity contribution is 5.99. The lowest BCUT2D eigenvalue weighted by Gasteiger charge is -2.30. The van der Waals surface area contributed by atoms with Gasteiger partial charge in [-0.25, -0.2) is 4.39 Å². The van der Waals surface area contributed by atoms with Crippen LogP contribution in [0.15, 0.2) is 47.4 Å². The molecule has 3 N–H and O–H groups in total. The van der Waals surface area contributed by atoms with Crippen LogP contribution in [0.25, 0.3) is 0 Å². The lowest BCUT2D eigenvalue weighted by atomic mass is 9.91. The van der Waals surface area contributed by atoms with Crippen LogP contribution in [0.1, 0.15) is 58.9 Å². The Bertz CT molecular complexity index is 984. The van der Waals surface area contributed by atoms with Gasteiger partial charge in [-0.05, 0) is 50.8 Å². The number of hydrogen-bond acceptors (Lipinski definition) is 4. The molecule has 1 unspecified atom stereocenters. The van der Waals surface area contributed by atoms with E-state index in [0.717, 1.165) is 18.5 Å². The maximum Gasteiger partial charge on any atom is 0.263 e. The SMILES string of the molecule is CCNC(=O)c1cc(C(=O)NCCCC2(F)CCCNC2)cn(Cc2ccccc2)c1=O. The Labute approximate surface area is 187 Å². The topological polar surface area (TPSA) is 92.2 Å². The predicted octanol–water partition coefficient (Wildman–Crippen LogP) is 2.25. The number of amides is 2. The van der Waals surface area contributed by atoms with Crippen molar-refractivity contribution in [2.45, 2.75) is 44.8 Å². The summed E-state index contributed by atoms with van der Waals surface area (Å²) in [6.07, 6.45) is 3.70. The molecule has 1 aliphatic rings. The van der Waals surface area contributed by atoms with Crippen LogP contribution in [0.2, 0.25) is 0 Å². The Morgan fingerprint density at radius 3 is 2.66 bits per heavy atom. The van der Waals surface area contributed by atoms with Crippen molar-refractivity contribution in [1.82, 2.24) is 20.5 Å². The number of halogens is 1. The van der Waals surface area contributed by atoms with Gasteiger partial charge in [-0.15, -0.1) is 0 Å². The summed E-state index contributed by atoms with van der Waals surface area (Å²) in [4.78, 5) is 38.0. The lowest BCUT2D eigenvalue weighted by Crippen LogP contribution is -2.42. The molecule has 2 aromatic rings. The number of pyridine rings is 1. The van der Waals surface area contributed by atoms with E-state index in [-0.39, 0.29) is 17.7 Å². The first kappa shape index (κ1) is 23.7. The molecule has 1 saturated heterocycles. The summed E-state index contributed by atoms with van der Waals surface area (Å²) in [5.41, 5.74) is -0.663. The second-order valence-electron chi connectivity index (χ2n) is 8.21. The molecule has 0 radical (unpaired) electrons. The number of rotatable bonds is 9. The smallest absolute Gasteiger partial charge is 0.263 e. The van der Waals surface area contributed by atoms with Gasteiger partial charge in [0.25, 0.3) is 17.4 Å². The summed E-state index contributed by atoms with van der Waals surface area (Å²) in [5, 5.41) is 8.49. The number of aromatic nitrogens is 1. The molecule has 0 saturated carbocycles. The number of alkyl halides is 1. The van der Waals surface area contributed by atoms with Gasteiger partial charge in [-0.1, -0.05) is 30.3 Å². The first-order chi connectivity index (χ1) is 15.4. The predicted molar refractivity (Wildman–Crippen MR) is 122 cm³/mol. The third kappa shape index (κ3) is 6.26. The van der Waals surface area contributed by atoms with E-state index in [2.05, 4.69) is 16.0 Å². The molecule has 3 rings (SSSR count). The molecule has 1 aromatic heterocycles. The van der Waals surface area contributed by atoms with Crippen molar-refractivity contribution in [2.24, 2.45) is 0 Å². The molecule has 1 aliphatic heterocycles. The molecule has 1 atom stereocenters. The zero-order chi connectivity index (χ0) is 23.0. The largest absolute Gasteiger partial charge is 0.352 e. The van der Waals surface area contributed by atoms with E-state index in [1.54, 1.807) is 6.92 Å². The zero-order valence-electron chi connectivity index (χ0n) is 18.5. The molecular formula is C24H31FN4O3. The second kappa shape index (κ2) is 11.0. The lowest BCUT2D eigenvalue weighted by molar-refractivity contribution is 0.0929. The van der Waals surface area contributed by atoms with E-state index in [0.29, 0.717) is 38.9 Å². The molecule has 7 nitrogen and oxygen atoms in total. The average Bonchev–Trinajstić information content (AvgIpc) is 2.79. The maximum atomic E-state index is 14.7. The number of piperidine rings is 1. The van der Waals surface area contributed by atoms with Crippen LogP contribution in [-0.4, -0.2) is 48.2 Å². The number of benzene rings is 1. The van der Waals surface area contributed by atoms with Gasteiger partial charge in [0.05, 0.1) is 12.1 Å². The van der Waals surface area contributed by atoms with Crippen molar-refractivity contribution in [3.05, 3.63) is 69.6 Å². The molecule has 0 bridgehead atoms. The van der Waals surface area contributed by atoms with Crippen LogP contribution in [0.3, 0.4) is 0 Å². The summed E-state index contributed by atoms with van der Waals surface area (Å²) < 4.78 is 16.1. The van der Waals surface area contributed by atoms with Crippen LogP contribution in [0, 0.1) is 0 Å². The molecule has 0 aliphatic carbocycles. The monoisotopic (exact) mass is 442 g/mol. The van der Waals surface area contributed by atoms with Gasteiger partial charge < -0.3 is 20.5 Å². The fourth-order valence-corrected chi connectivity index (χ4v) is 3.93. The number of nitrogens with one attached hydrogen (secondary N) is 3. The molecule has 0 spiro atoms. The quantitative estimate of drug-likeness (QED) is 0.520. The molecule has 2 amide bonds. The van der Waals surface area contributed by atoms with Crippen molar-refractivity contribution in [3.8, 4) is 0 Å². The molecule has 1 aromatic carbocycles. The second-order valence-corrected chi connectivity index (χ2v) is 8.21. The van der Waals surface area contributed by atoms with E-state index in [9.17, 15) is 18.8 Å². The normalized spacial score (nSPS) is 18.2. The van der Waals surface area contributed by atoms with E-state index in [4.69, 9.17) is 0 Å². The number of nitrogens with zero attached hydrogens (tertiary/aromatic N) is 1. The van der Waals surface area contributed by atoms with Gasteiger partial charge >= 0.3 is 0 Å². The van der Waals surface area contributed by atoms with Gasteiger partial charge in [0.1, 0.15) is 11.2 Å². The minimum atomic E-state index is -1.22. The Kier molecular flexibility index (Phi) is 8.16. The summed E-state index contributed by atoms with van der Waals surface area (Å²) in [7, 11) is 0. The first-order valence-electron chi connectivity index (χ1n) is 11.2. The summed E-state index contributed by atoms with van der Waals surface area (Å²) in [6.45, 7) is 3.88. The van der Waals surface area contributed by atoms with Crippen molar-refractivity contribution in [1.29, 1.82) is 0 Å². The maximum absolute atomic E-state index is 14.7. The van der Waals surface area contributed by atoms with Crippen LogP contribution in [0.5, 0.6) is 0 Å². The van der Waals surface area contributed by atoms with Crippen LogP contribution in [0.4, 0.5) is 4.39 Å². The van der Waals surface area contributed by atoms with Gasteiger partial charge in [-0.3, -0.25) is 14.4 Å². The Morgan fingerprint density at radius 2 is 1.97 bits per heavy atom. The van der Waals surface area contributed by atoms with Crippen molar-refractivity contribution in [2.75, 3.05) is 26.2 Å². The van der Waals surface area contributed by atoms with Crippen molar-refractivity contribution < 1.29 is 14.0 Å². The molecule has 8 heteroatoms. The van der Waals surface area contributed by atoms with Crippen LogP contribution >= 0.6 is 0 Å². The van der Waals surface area contributed by atoms with Crippen molar-refractivity contribution in [3.63, 3.8) is 0 Å². The Hall–Kier alpha value is -3.00. The third-order valence-corrected chi connectivity index (χ3v) is 5.63. The van der Waals surface area contributed by atoms with Gasteiger partial charge in [0.2, 0.25) is 0 Å². The van der Waals surface area contributed by atoms with E-state index in [1.165, 1.54) is 16.8 Å². The third-order valence-electron chi connectivity index (χ3n) is 5.63. The first-order valence-corrected chi connectivity index (χ1v) is 11.2. The molecule has 32 heavy (non-hydrogen) atoms. The fraction of sp³-hybridized carbons (Fsp3) is 0.458.